The molecule has 0 aliphatic carbocycles. The maximum Gasteiger partial charge on any atom is 0.223 e. The second kappa shape index (κ2) is 7.64. The lowest BCUT2D eigenvalue weighted by Crippen LogP contribution is -2.55. The van der Waals surface area contributed by atoms with Gasteiger partial charge in [0.2, 0.25) is 5.91 Å². The first-order chi connectivity index (χ1) is 9.78. The van der Waals surface area contributed by atoms with Crippen LogP contribution in [0.1, 0.15) is 47.0 Å². The van der Waals surface area contributed by atoms with E-state index in [1.54, 1.807) is 0 Å². The maximum absolute atomic E-state index is 12.2. The minimum atomic E-state index is -0.0279. The molecule has 1 saturated heterocycles. The molecule has 122 valence electrons. The van der Waals surface area contributed by atoms with Crippen LogP contribution in [0.2, 0.25) is 0 Å². The van der Waals surface area contributed by atoms with E-state index in [2.05, 4.69) is 37.8 Å². The van der Waals surface area contributed by atoms with Gasteiger partial charge in [-0.3, -0.25) is 9.69 Å². The number of carbonyl (C=O) groups is 1. The third kappa shape index (κ3) is 5.53. The minimum Gasteiger partial charge on any atom is -0.409 e. The number of rotatable bonds is 5. The summed E-state index contributed by atoms with van der Waals surface area (Å²) in [4.78, 5) is 16.4. The second-order valence-electron chi connectivity index (χ2n) is 6.98. The molecular weight excluding hydrogens is 268 g/mol. The molecule has 6 heteroatoms. The van der Waals surface area contributed by atoms with E-state index in [1.165, 1.54) is 0 Å². The van der Waals surface area contributed by atoms with Crippen LogP contribution in [0.15, 0.2) is 5.16 Å². The summed E-state index contributed by atoms with van der Waals surface area (Å²) in [5.74, 6) is 0.490. The number of piperazine rings is 1. The first kappa shape index (κ1) is 17.8. The smallest absolute Gasteiger partial charge is 0.223 e. The molecule has 3 N–H and O–H groups in total. The van der Waals surface area contributed by atoms with E-state index in [0.29, 0.717) is 19.5 Å². The number of amidine groups is 1. The fourth-order valence-electron chi connectivity index (χ4n) is 2.71. The Bertz CT molecular complexity index is 368. The van der Waals surface area contributed by atoms with E-state index in [9.17, 15) is 4.79 Å². The minimum absolute atomic E-state index is 0.0208. The fraction of sp³-hybridized carbons (Fsp3) is 0.867. The number of amides is 1. The molecule has 0 radical (unpaired) electrons. The highest BCUT2D eigenvalue weighted by molar-refractivity contribution is 5.85. The van der Waals surface area contributed by atoms with Gasteiger partial charge in [0.15, 0.2) is 5.84 Å². The highest BCUT2D eigenvalue weighted by atomic mass is 16.4. The Morgan fingerprint density at radius 1 is 1.29 bits per heavy atom. The van der Waals surface area contributed by atoms with E-state index in [1.807, 2.05) is 4.90 Å². The molecule has 1 aliphatic heterocycles. The summed E-state index contributed by atoms with van der Waals surface area (Å²) in [5.41, 5.74) is 5.81. The third-order valence-corrected chi connectivity index (χ3v) is 3.81. The van der Waals surface area contributed by atoms with Gasteiger partial charge in [0, 0.05) is 32.6 Å². The molecule has 0 saturated carbocycles. The van der Waals surface area contributed by atoms with Gasteiger partial charge in [0.1, 0.15) is 0 Å². The molecule has 1 fully saturated rings. The predicted molar refractivity (Wildman–Crippen MR) is 84.3 cm³/mol. The molecule has 1 unspecified atom stereocenters. The van der Waals surface area contributed by atoms with Crippen LogP contribution in [0.25, 0.3) is 0 Å². The second-order valence-corrected chi connectivity index (χ2v) is 6.98. The lowest BCUT2D eigenvalue weighted by Gasteiger charge is -2.39. The largest absolute Gasteiger partial charge is 0.409 e. The zero-order chi connectivity index (χ0) is 16.0. The first-order valence-electron chi connectivity index (χ1n) is 7.77. The highest BCUT2D eigenvalue weighted by Gasteiger charge is 2.29. The summed E-state index contributed by atoms with van der Waals surface area (Å²) in [5, 5.41) is 12.1. The monoisotopic (exact) mass is 298 g/mol. The van der Waals surface area contributed by atoms with Crippen molar-refractivity contribution >= 4 is 11.7 Å². The summed E-state index contributed by atoms with van der Waals surface area (Å²) in [6.07, 6.45) is 2.42. The Morgan fingerprint density at radius 3 is 2.29 bits per heavy atom. The Morgan fingerprint density at radius 2 is 1.86 bits per heavy atom. The van der Waals surface area contributed by atoms with Gasteiger partial charge in [-0.25, -0.2) is 0 Å². The van der Waals surface area contributed by atoms with Crippen molar-refractivity contribution in [3.8, 4) is 0 Å². The van der Waals surface area contributed by atoms with Crippen molar-refractivity contribution in [1.29, 1.82) is 0 Å². The van der Waals surface area contributed by atoms with Crippen LogP contribution in [0, 0.1) is 5.41 Å². The van der Waals surface area contributed by atoms with Gasteiger partial charge >= 0.3 is 0 Å². The summed E-state index contributed by atoms with van der Waals surface area (Å²) in [6, 6.07) is -0.0279. The van der Waals surface area contributed by atoms with E-state index in [-0.39, 0.29) is 23.2 Å². The van der Waals surface area contributed by atoms with Gasteiger partial charge in [0.05, 0.1) is 6.04 Å². The molecule has 0 bridgehead atoms. The third-order valence-electron chi connectivity index (χ3n) is 3.81. The molecule has 21 heavy (non-hydrogen) atoms. The number of carbonyl (C=O) groups excluding carboxylic acids is 1. The molecule has 1 aliphatic rings. The van der Waals surface area contributed by atoms with Crippen molar-refractivity contribution < 1.29 is 10.0 Å². The highest BCUT2D eigenvalue weighted by Crippen LogP contribution is 2.21. The van der Waals surface area contributed by atoms with E-state index in [4.69, 9.17) is 10.9 Å². The van der Waals surface area contributed by atoms with Crippen LogP contribution in [0.3, 0.4) is 0 Å². The average molecular weight is 298 g/mol. The van der Waals surface area contributed by atoms with Gasteiger partial charge in [-0.2, -0.15) is 0 Å². The lowest BCUT2D eigenvalue weighted by atomic mass is 9.91. The van der Waals surface area contributed by atoms with E-state index >= 15 is 0 Å². The number of nitrogens with two attached hydrogens (primary N) is 1. The van der Waals surface area contributed by atoms with Crippen molar-refractivity contribution in [2.24, 2.45) is 16.3 Å². The molecule has 1 atom stereocenters. The zero-order valence-electron chi connectivity index (χ0n) is 13.8. The van der Waals surface area contributed by atoms with Crippen molar-refractivity contribution in [2.45, 2.75) is 53.0 Å². The van der Waals surface area contributed by atoms with Gasteiger partial charge in [0.25, 0.3) is 0 Å². The molecule has 0 spiro atoms. The summed E-state index contributed by atoms with van der Waals surface area (Å²) in [7, 11) is 0. The maximum atomic E-state index is 12.2. The zero-order valence-corrected chi connectivity index (χ0v) is 13.8. The van der Waals surface area contributed by atoms with Crippen LogP contribution in [0.4, 0.5) is 0 Å². The van der Waals surface area contributed by atoms with Crippen LogP contribution < -0.4 is 5.73 Å². The number of hydrogen-bond donors (Lipinski definition) is 2. The number of oxime groups is 1. The Balaban J connectivity index is 2.56. The molecule has 1 amide bonds. The van der Waals surface area contributed by atoms with E-state index in [0.717, 1.165) is 25.9 Å². The molecule has 6 nitrogen and oxygen atoms in total. The predicted octanol–water partition coefficient (Wildman–Crippen LogP) is 1.48. The molecule has 0 aromatic heterocycles. The summed E-state index contributed by atoms with van der Waals surface area (Å²) >= 11 is 0. The van der Waals surface area contributed by atoms with Crippen LogP contribution in [-0.2, 0) is 4.79 Å². The molecule has 0 aromatic rings. The Labute approximate surface area is 128 Å². The number of hydrogen-bond acceptors (Lipinski definition) is 4. The van der Waals surface area contributed by atoms with Crippen molar-refractivity contribution in [3.05, 3.63) is 0 Å². The topological polar surface area (TPSA) is 82.2 Å². The van der Waals surface area contributed by atoms with Crippen molar-refractivity contribution in [3.63, 3.8) is 0 Å². The van der Waals surface area contributed by atoms with Crippen LogP contribution >= 0.6 is 0 Å². The van der Waals surface area contributed by atoms with Gasteiger partial charge in [-0.15, -0.1) is 0 Å². The standard InChI is InChI=1S/C15H30N4O2/c1-5-6-12(14(16)17-21)18-7-9-19(10-8-18)13(20)11-15(2,3)4/h12,21H,5-11H2,1-4H3,(H2,16,17). The molecule has 1 heterocycles. The summed E-state index contributed by atoms with van der Waals surface area (Å²) in [6.45, 7) is 11.3. The Kier molecular flexibility index (Phi) is 6.45. The van der Waals surface area contributed by atoms with Gasteiger partial charge in [-0.05, 0) is 11.8 Å². The molecule has 1 rings (SSSR count). The van der Waals surface area contributed by atoms with Crippen molar-refractivity contribution in [2.75, 3.05) is 26.2 Å². The quantitative estimate of drug-likeness (QED) is 0.349. The van der Waals surface area contributed by atoms with Crippen LogP contribution in [-0.4, -0.2) is 59.0 Å². The average Bonchev–Trinajstić information content (AvgIpc) is 2.42. The van der Waals surface area contributed by atoms with Gasteiger partial charge < -0.3 is 15.8 Å². The lowest BCUT2D eigenvalue weighted by molar-refractivity contribution is -0.135. The molecular formula is C15H30N4O2. The Hall–Kier alpha value is -1.30. The normalized spacial score (nSPS) is 19.6. The SMILES string of the molecule is CCCC(C(N)=NO)N1CCN(C(=O)CC(C)(C)C)CC1. The van der Waals surface area contributed by atoms with Crippen molar-refractivity contribution in [1.82, 2.24) is 9.80 Å². The van der Waals surface area contributed by atoms with Gasteiger partial charge in [-0.1, -0.05) is 39.3 Å². The summed E-state index contributed by atoms with van der Waals surface area (Å²) < 4.78 is 0. The number of nitrogens with zero attached hydrogens (tertiary/aromatic N) is 3. The molecule has 0 aromatic carbocycles. The van der Waals surface area contributed by atoms with E-state index < -0.39 is 0 Å². The fourth-order valence-corrected chi connectivity index (χ4v) is 2.71. The van der Waals surface area contributed by atoms with Crippen LogP contribution in [0.5, 0.6) is 0 Å². The first-order valence-corrected chi connectivity index (χ1v) is 7.77.